The largest absolute Gasteiger partial charge is 0.436 e. The van der Waals surface area contributed by atoms with Crippen LogP contribution in [-0.4, -0.2) is 26.1 Å². The summed E-state index contributed by atoms with van der Waals surface area (Å²) in [6.07, 6.45) is 0. The Kier molecular flexibility index (Phi) is 4.02. The van der Waals surface area contributed by atoms with Crippen molar-refractivity contribution in [3.8, 4) is 11.6 Å². The number of aromatic nitrogens is 1. The fourth-order valence-corrected chi connectivity index (χ4v) is 1.63. The number of ether oxygens (including phenoxy) is 1. The van der Waals surface area contributed by atoms with Gasteiger partial charge < -0.3 is 15.0 Å². The zero-order valence-electron chi connectivity index (χ0n) is 11.4. The highest BCUT2D eigenvalue weighted by atomic mass is 19.1. The van der Waals surface area contributed by atoms with Gasteiger partial charge in [-0.15, -0.1) is 0 Å². The Hall–Kier alpha value is -2.37. The van der Waals surface area contributed by atoms with Crippen LogP contribution in [0, 0.1) is 11.6 Å². The number of pyridine rings is 1. The maximum Gasteiger partial charge on any atom is 0.258 e. The van der Waals surface area contributed by atoms with Gasteiger partial charge in [0.15, 0.2) is 17.5 Å². The molecule has 0 unspecified atom stereocenters. The molecule has 0 saturated heterocycles. The first-order valence-electron chi connectivity index (χ1n) is 6.00. The van der Waals surface area contributed by atoms with Crippen molar-refractivity contribution in [2.75, 3.05) is 31.4 Å². The van der Waals surface area contributed by atoms with Crippen LogP contribution in [0.5, 0.6) is 11.6 Å². The predicted molar refractivity (Wildman–Crippen MR) is 74.5 cm³/mol. The van der Waals surface area contributed by atoms with Crippen LogP contribution in [0.25, 0.3) is 0 Å². The Bertz CT molecular complexity index is 617. The van der Waals surface area contributed by atoms with Crippen molar-refractivity contribution in [1.29, 1.82) is 0 Å². The zero-order valence-corrected chi connectivity index (χ0v) is 11.4. The molecule has 0 saturated carbocycles. The molecule has 1 N–H and O–H groups in total. The van der Waals surface area contributed by atoms with Crippen molar-refractivity contribution >= 4 is 11.5 Å². The summed E-state index contributed by atoms with van der Waals surface area (Å²) < 4.78 is 32.3. The van der Waals surface area contributed by atoms with E-state index in [4.69, 9.17) is 4.74 Å². The quantitative estimate of drug-likeness (QED) is 0.932. The molecule has 1 aromatic carbocycles. The van der Waals surface area contributed by atoms with Gasteiger partial charge in [0.2, 0.25) is 0 Å². The first-order chi connectivity index (χ1) is 9.51. The van der Waals surface area contributed by atoms with Crippen molar-refractivity contribution in [2.45, 2.75) is 0 Å². The van der Waals surface area contributed by atoms with Crippen LogP contribution >= 0.6 is 0 Å². The molecule has 0 aliphatic rings. The van der Waals surface area contributed by atoms with E-state index in [1.165, 1.54) is 7.05 Å². The molecule has 1 aromatic heterocycles. The number of hydrogen-bond acceptors (Lipinski definition) is 4. The van der Waals surface area contributed by atoms with Gasteiger partial charge >= 0.3 is 0 Å². The van der Waals surface area contributed by atoms with Gasteiger partial charge in [-0.25, -0.2) is 8.78 Å². The number of nitrogens with zero attached hydrogens (tertiary/aromatic N) is 2. The summed E-state index contributed by atoms with van der Waals surface area (Å²) in [5.74, 6) is -1.52. The van der Waals surface area contributed by atoms with Crippen LogP contribution < -0.4 is 15.0 Å². The maximum absolute atomic E-state index is 13.6. The lowest BCUT2D eigenvalue weighted by Gasteiger charge is -2.14. The van der Waals surface area contributed by atoms with Crippen molar-refractivity contribution < 1.29 is 13.5 Å². The summed E-state index contributed by atoms with van der Waals surface area (Å²) in [4.78, 5) is 5.65. The molecule has 2 rings (SSSR count). The second kappa shape index (κ2) is 5.73. The van der Waals surface area contributed by atoms with Gasteiger partial charge in [-0.1, -0.05) is 6.07 Å². The van der Waals surface area contributed by atoms with E-state index >= 15 is 0 Å². The summed E-state index contributed by atoms with van der Waals surface area (Å²) in [5, 5.41) is 2.54. The molecule has 2 aromatic rings. The summed E-state index contributed by atoms with van der Waals surface area (Å²) in [6, 6.07) is 7.83. The Morgan fingerprint density at radius 1 is 1.15 bits per heavy atom. The third kappa shape index (κ3) is 2.96. The average Bonchev–Trinajstić information content (AvgIpc) is 2.42. The van der Waals surface area contributed by atoms with Crippen LogP contribution in [0.15, 0.2) is 30.3 Å². The first kappa shape index (κ1) is 14.0. The molecule has 0 aliphatic heterocycles. The van der Waals surface area contributed by atoms with E-state index < -0.39 is 11.6 Å². The molecular formula is C14H15F2N3O. The molecule has 0 atom stereocenters. The fourth-order valence-electron chi connectivity index (χ4n) is 1.63. The summed E-state index contributed by atoms with van der Waals surface area (Å²) in [7, 11) is 5.27. The minimum atomic E-state index is -0.850. The molecule has 4 nitrogen and oxygen atoms in total. The topological polar surface area (TPSA) is 37.4 Å². The number of nitrogens with one attached hydrogen (secondary N) is 1. The van der Waals surface area contributed by atoms with Gasteiger partial charge in [-0.2, -0.15) is 4.98 Å². The van der Waals surface area contributed by atoms with E-state index in [1.54, 1.807) is 18.2 Å². The number of rotatable bonds is 4. The molecule has 0 amide bonds. The van der Waals surface area contributed by atoms with E-state index in [1.807, 2.05) is 25.1 Å². The molecule has 0 aliphatic carbocycles. The molecule has 0 spiro atoms. The molecule has 0 radical (unpaired) electrons. The van der Waals surface area contributed by atoms with Crippen LogP contribution in [0.1, 0.15) is 0 Å². The Balaban J connectivity index is 2.32. The lowest BCUT2D eigenvalue weighted by Crippen LogP contribution is -2.08. The predicted octanol–water partition coefficient (Wildman–Crippen LogP) is 3.26. The Morgan fingerprint density at radius 3 is 2.55 bits per heavy atom. The molecule has 0 bridgehead atoms. The monoisotopic (exact) mass is 279 g/mol. The highest BCUT2D eigenvalue weighted by Gasteiger charge is 2.13. The first-order valence-corrected chi connectivity index (χ1v) is 6.00. The van der Waals surface area contributed by atoms with Crippen molar-refractivity contribution in [2.24, 2.45) is 0 Å². The Morgan fingerprint density at radius 2 is 1.90 bits per heavy atom. The normalized spacial score (nSPS) is 10.2. The lowest BCUT2D eigenvalue weighted by atomic mass is 10.3. The number of hydrogen-bond donors (Lipinski definition) is 1. The SMILES string of the molecule is CNc1nc(Oc2cccc(N(C)C)c2)c(F)cc1F. The van der Waals surface area contributed by atoms with Crippen LogP contribution in [-0.2, 0) is 0 Å². The summed E-state index contributed by atoms with van der Waals surface area (Å²) in [6.45, 7) is 0. The van der Waals surface area contributed by atoms with Gasteiger partial charge in [-0.05, 0) is 12.1 Å². The van der Waals surface area contributed by atoms with E-state index in [0.717, 1.165) is 11.8 Å². The van der Waals surface area contributed by atoms with Gasteiger partial charge in [0.05, 0.1) is 0 Å². The number of halogens is 2. The highest BCUT2D eigenvalue weighted by molar-refractivity contribution is 5.50. The molecule has 1 heterocycles. The van der Waals surface area contributed by atoms with Crippen LogP contribution in [0.4, 0.5) is 20.3 Å². The Labute approximate surface area is 116 Å². The second-order valence-corrected chi connectivity index (χ2v) is 4.35. The zero-order chi connectivity index (χ0) is 14.7. The minimum absolute atomic E-state index is 0.0647. The van der Waals surface area contributed by atoms with E-state index in [9.17, 15) is 8.78 Å². The standard InChI is InChI=1S/C14H15F2N3O/c1-17-13-11(15)8-12(16)14(18-13)20-10-6-4-5-9(7-10)19(2)3/h4-8H,1-3H3,(H,17,18). The third-order valence-corrected chi connectivity index (χ3v) is 2.68. The van der Waals surface area contributed by atoms with Gasteiger partial charge in [-0.3, -0.25) is 0 Å². The number of benzene rings is 1. The third-order valence-electron chi connectivity index (χ3n) is 2.68. The van der Waals surface area contributed by atoms with Gasteiger partial charge in [0.25, 0.3) is 5.88 Å². The van der Waals surface area contributed by atoms with Crippen molar-refractivity contribution in [1.82, 2.24) is 4.98 Å². The molecule has 106 valence electrons. The molecule has 0 fully saturated rings. The minimum Gasteiger partial charge on any atom is -0.436 e. The van der Waals surface area contributed by atoms with Gasteiger partial charge in [0.1, 0.15) is 5.75 Å². The molecular weight excluding hydrogens is 264 g/mol. The van der Waals surface area contributed by atoms with Crippen molar-refractivity contribution in [3.63, 3.8) is 0 Å². The molecule has 6 heteroatoms. The fraction of sp³-hybridized carbons (Fsp3) is 0.214. The molecule has 20 heavy (non-hydrogen) atoms. The second-order valence-electron chi connectivity index (χ2n) is 4.35. The maximum atomic E-state index is 13.6. The van der Waals surface area contributed by atoms with E-state index in [-0.39, 0.29) is 11.7 Å². The lowest BCUT2D eigenvalue weighted by molar-refractivity contribution is 0.418. The van der Waals surface area contributed by atoms with E-state index in [0.29, 0.717) is 5.75 Å². The number of anilines is 2. The van der Waals surface area contributed by atoms with Crippen LogP contribution in [0.2, 0.25) is 0 Å². The summed E-state index contributed by atoms with van der Waals surface area (Å²) >= 11 is 0. The highest BCUT2D eigenvalue weighted by Crippen LogP contribution is 2.27. The smallest absolute Gasteiger partial charge is 0.258 e. The van der Waals surface area contributed by atoms with Crippen LogP contribution in [0.3, 0.4) is 0 Å². The average molecular weight is 279 g/mol. The van der Waals surface area contributed by atoms with Crippen molar-refractivity contribution in [3.05, 3.63) is 42.0 Å². The van der Waals surface area contributed by atoms with Gasteiger partial charge in [0, 0.05) is 39.0 Å². The summed E-state index contributed by atoms with van der Waals surface area (Å²) in [5.41, 5.74) is 0.902. The van der Waals surface area contributed by atoms with E-state index in [2.05, 4.69) is 10.3 Å².